The summed E-state index contributed by atoms with van der Waals surface area (Å²) in [6.07, 6.45) is 2.52. The molecule has 1 aromatic carbocycles. The van der Waals surface area contributed by atoms with Crippen LogP contribution in [0.1, 0.15) is 30.1 Å². The van der Waals surface area contributed by atoms with Gasteiger partial charge < -0.3 is 10.6 Å². The predicted octanol–water partition coefficient (Wildman–Crippen LogP) is 2.01. The van der Waals surface area contributed by atoms with Gasteiger partial charge in [-0.15, -0.1) is 0 Å². The van der Waals surface area contributed by atoms with Crippen LogP contribution in [0.25, 0.3) is 0 Å². The highest BCUT2D eigenvalue weighted by atomic mass is 16.1. The number of nitrogens with one attached hydrogen (secondary N) is 2. The topological polar surface area (TPSA) is 41.1 Å². The molecule has 1 aromatic rings. The molecule has 15 heavy (non-hydrogen) atoms. The third kappa shape index (κ3) is 2.72. The van der Waals surface area contributed by atoms with Gasteiger partial charge in [0.05, 0.1) is 0 Å². The minimum atomic E-state index is -0.00419. The fourth-order valence-electron chi connectivity index (χ4n) is 1.44. The molecule has 0 saturated heterocycles. The molecule has 0 aliphatic heterocycles. The summed E-state index contributed by atoms with van der Waals surface area (Å²) >= 11 is 0. The number of rotatable bonds is 4. The normalized spacial score (nSPS) is 14.7. The van der Waals surface area contributed by atoms with Crippen molar-refractivity contribution < 1.29 is 4.79 Å². The number of carbonyl (C=O) groups is 1. The van der Waals surface area contributed by atoms with E-state index >= 15 is 0 Å². The maximum absolute atomic E-state index is 11.5. The van der Waals surface area contributed by atoms with E-state index in [9.17, 15) is 4.79 Å². The van der Waals surface area contributed by atoms with Gasteiger partial charge in [0.1, 0.15) is 0 Å². The van der Waals surface area contributed by atoms with E-state index in [-0.39, 0.29) is 5.91 Å². The summed E-state index contributed by atoms with van der Waals surface area (Å²) in [5.41, 5.74) is 1.82. The van der Waals surface area contributed by atoms with Crippen molar-refractivity contribution in [3.05, 3.63) is 29.8 Å². The zero-order valence-electron chi connectivity index (χ0n) is 8.92. The molecule has 3 heteroatoms. The Morgan fingerprint density at radius 3 is 2.53 bits per heavy atom. The van der Waals surface area contributed by atoms with Gasteiger partial charge in [-0.1, -0.05) is 0 Å². The Morgan fingerprint density at radius 1 is 1.33 bits per heavy atom. The van der Waals surface area contributed by atoms with E-state index in [0.29, 0.717) is 12.6 Å². The molecule has 1 aliphatic rings. The summed E-state index contributed by atoms with van der Waals surface area (Å²) in [6.45, 7) is 2.59. The van der Waals surface area contributed by atoms with E-state index in [1.165, 1.54) is 12.8 Å². The number of hydrogen-bond acceptors (Lipinski definition) is 2. The Labute approximate surface area is 89.9 Å². The zero-order chi connectivity index (χ0) is 10.7. The largest absolute Gasteiger partial charge is 0.382 e. The van der Waals surface area contributed by atoms with E-state index in [0.717, 1.165) is 11.3 Å². The third-order valence-corrected chi connectivity index (χ3v) is 2.43. The SMILES string of the molecule is CCNC(=O)c1ccc(NC2CC2)cc1. The highest BCUT2D eigenvalue weighted by molar-refractivity contribution is 5.94. The van der Waals surface area contributed by atoms with E-state index in [1.807, 2.05) is 31.2 Å². The van der Waals surface area contributed by atoms with Crippen molar-refractivity contribution in [1.29, 1.82) is 0 Å². The molecular formula is C12H16N2O. The average Bonchev–Trinajstić information content (AvgIpc) is 3.03. The van der Waals surface area contributed by atoms with Gasteiger partial charge in [0.15, 0.2) is 0 Å². The van der Waals surface area contributed by atoms with Crippen molar-refractivity contribution in [2.45, 2.75) is 25.8 Å². The Bertz CT molecular complexity index is 341. The van der Waals surface area contributed by atoms with Crippen LogP contribution in [0.15, 0.2) is 24.3 Å². The van der Waals surface area contributed by atoms with E-state index in [4.69, 9.17) is 0 Å². The Balaban J connectivity index is 1.99. The monoisotopic (exact) mass is 204 g/mol. The lowest BCUT2D eigenvalue weighted by molar-refractivity contribution is 0.0956. The van der Waals surface area contributed by atoms with Gasteiger partial charge in [-0.25, -0.2) is 0 Å². The highest BCUT2D eigenvalue weighted by Crippen LogP contribution is 2.24. The first-order valence-corrected chi connectivity index (χ1v) is 5.44. The Kier molecular flexibility index (Phi) is 2.90. The zero-order valence-corrected chi connectivity index (χ0v) is 8.92. The van der Waals surface area contributed by atoms with Crippen LogP contribution in [0.4, 0.5) is 5.69 Å². The van der Waals surface area contributed by atoms with Crippen LogP contribution in [-0.4, -0.2) is 18.5 Å². The molecule has 0 spiro atoms. The second kappa shape index (κ2) is 4.34. The van der Waals surface area contributed by atoms with Gasteiger partial charge >= 0.3 is 0 Å². The quantitative estimate of drug-likeness (QED) is 0.787. The van der Waals surface area contributed by atoms with Crippen molar-refractivity contribution in [1.82, 2.24) is 5.32 Å². The molecule has 0 radical (unpaired) electrons. The molecule has 0 heterocycles. The van der Waals surface area contributed by atoms with Crippen molar-refractivity contribution >= 4 is 11.6 Å². The summed E-state index contributed by atoms with van der Waals surface area (Å²) in [4.78, 5) is 11.5. The Hall–Kier alpha value is -1.51. The number of hydrogen-bond donors (Lipinski definition) is 2. The van der Waals surface area contributed by atoms with Crippen molar-refractivity contribution in [2.75, 3.05) is 11.9 Å². The number of carbonyl (C=O) groups excluding carboxylic acids is 1. The minimum Gasteiger partial charge on any atom is -0.382 e. The molecule has 2 N–H and O–H groups in total. The molecular weight excluding hydrogens is 188 g/mol. The summed E-state index contributed by atoms with van der Waals surface area (Å²) in [5, 5.41) is 6.16. The molecule has 1 fully saturated rings. The first kappa shape index (κ1) is 10.0. The van der Waals surface area contributed by atoms with Crippen LogP contribution in [-0.2, 0) is 0 Å². The lowest BCUT2D eigenvalue weighted by Crippen LogP contribution is -2.22. The molecule has 0 bridgehead atoms. The standard InChI is InChI=1S/C12H16N2O/c1-2-13-12(15)9-3-5-10(6-4-9)14-11-7-8-11/h3-6,11,14H,2,7-8H2,1H3,(H,13,15). The van der Waals surface area contributed by atoms with Crippen LogP contribution in [0.3, 0.4) is 0 Å². The van der Waals surface area contributed by atoms with Gasteiger partial charge in [0.2, 0.25) is 0 Å². The predicted molar refractivity (Wildman–Crippen MR) is 61.1 cm³/mol. The summed E-state index contributed by atoms with van der Waals surface area (Å²) in [5.74, 6) is -0.00419. The minimum absolute atomic E-state index is 0.00419. The van der Waals surface area contributed by atoms with Crippen LogP contribution in [0.2, 0.25) is 0 Å². The van der Waals surface area contributed by atoms with Crippen LogP contribution < -0.4 is 10.6 Å². The molecule has 1 aliphatic carbocycles. The maximum atomic E-state index is 11.5. The van der Waals surface area contributed by atoms with Crippen LogP contribution >= 0.6 is 0 Å². The first-order valence-electron chi connectivity index (χ1n) is 5.44. The van der Waals surface area contributed by atoms with Crippen molar-refractivity contribution in [2.24, 2.45) is 0 Å². The van der Waals surface area contributed by atoms with Gasteiger partial charge in [-0.05, 0) is 44.0 Å². The molecule has 80 valence electrons. The second-order valence-corrected chi connectivity index (χ2v) is 3.86. The fourth-order valence-corrected chi connectivity index (χ4v) is 1.44. The van der Waals surface area contributed by atoms with E-state index < -0.39 is 0 Å². The van der Waals surface area contributed by atoms with Gasteiger partial charge in [-0.2, -0.15) is 0 Å². The van der Waals surface area contributed by atoms with Crippen molar-refractivity contribution in [3.63, 3.8) is 0 Å². The second-order valence-electron chi connectivity index (χ2n) is 3.86. The fraction of sp³-hybridized carbons (Fsp3) is 0.417. The maximum Gasteiger partial charge on any atom is 0.251 e. The van der Waals surface area contributed by atoms with Gasteiger partial charge in [-0.3, -0.25) is 4.79 Å². The van der Waals surface area contributed by atoms with Crippen molar-refractivity contribution in [3.8, 4) is 0 Å². The summed E-state index contributed by atoms with van der Waals surface area (Å²) < 4.78 is 0. The summed E-state index contributed by atoms with van der Waals surface area (Å²) in [7, 11) is 0. The van der Waals surface area contributed by atoms with Crippen LogP contribution in [0, 0.1) is 0 Å². The third-order valence-electron chi connectivity index (χ3n) is 2.43. The smallest absolute Gasteiger partial charge is 0.251 e. The van der Waals surface area contributed by atoms with Gasteiger partial charge in [0.25, 0.3) is 5.91 Å². The molecule has 2 rings (SSSR count). The number of benzene rings is 1. The first-order chi connectivity index (χ1) is 7.29. The lowest BCUT2D eigenvalue weighted by Gasteiger charge is -2.05. The van der Waals surface area contributed by atoms with E-state index in [2.05, 4.69) is 10.6 Å². The lowest BCUT2D eigenvalue weighted by atomic mass is 10.2. The molecule has 1 amide bonds. The molecule has 0 unspecified atom stereocenters. The van der Waals surface area contributed by atoms with Crippen LogP contribution in [0.5, 0.6) is 0 Å². The average molecular weight is 204 g/mol. The molecule has 0 aromatic heterocycles. The van der Waals surface area contributed by atoms with Gasteiger partial charge in [0, 0.05) is 23.8 Å². The number of amides is 1. The summed E-state index contributed by atoms with van der Waals surface area (Å²) in [6, 6.07) is 8.29. The number of anilines is 1. The molecule has 3 nitrogen and oxygen atoms in total. The van der Waals surface area contributed by atoms with E-state index in [1.54, 1.807) is 0 Å². The molecule has 0 atom stereocenters. The molecule has 1 saturated carbocycles. The highest BCUT2D eigenvalue weighted by Gasteiger charge is 2.20. The Morgan fingerprint density at radius 2 is 2.00 bits per heavy atom.